The molecule has 1 amide bonds. The maximum Gasteiger partial charge on any atom is 0.407 e. The summed E-state index contributed by atoms with van der Waals surface area (Å²) in [7, 11) is 0. The first-order chi connectivity index (χ1) is 31.8. The van der Waals surface area contributed by atoms with E-state index in [4.69, 9.17) is 20.9 Å². The molecule has 0 aromatic heterocycles. The minimum Gasteiger partial charge on any atom is -0.454 e. The molecular weight excluding hydrogens is 839 g/mol. The highest BCUT2D eigenvalue weighted by Crippen LogP contribution is 2.42. The molecule has 0 saturated carbocycles. The Balaban J connectivity index is 1.89. The Morgan fingerprint density at radius 2 is 0.970 bits per heavy atom. The number of ketones is 2. The summed E-state index contributed by atoms with van der Waals surface area (Å²) in [6.07, 6.45) is 32.9. The number of Topliss-reactive ketones (excluding diaryl/α,β-unsaturated/α-hetero) is 2. The van der Waals surface area contributed by atoms with Gasteiger partial charge in [0.05, 0.1) is 0 Å². The molecule has 0 aliphatic heterocycles. The van der Waals surface area contributed by atoms with Gasteiger partial charge in [0.2, 0.25) is 0 Å². The van der Waals surface area contributed by atoms with Crippen LogP contribution in [0.15, 0.2) is 130 Å². The molecule has 0 aromatic carbocycles. The summed E-state index contributed by atoms with van der Waals surface area (Å²) < 4.78 is 11.3. The summed E-state index contributed by atoms with van der Waals surface area (Å²) in [6.45, 7) is 25.3. The van der Waals surface area contributed by atoms with E-state index in [1.54, 1.807) is 0 Å². The summed E-state index contributed by atoms with van der Waals surface area (Å²) >= 11 is 0. The second kappa shape index (κ2) is 31.2. The third kappa shape index (κ3) is 22.6. The smallest absolute Gasteiger partial charge is 0.407 e. The number of esters is 1. The molecule has 11 heteroatoms. The maximum absolute atomic E-state index is 13.3. The second-order valence-corrected chi connectivity index (χ2v) is 19.1. The topological polar surface area (TPSA) is 175 Å². The Morgan fingerprint density at radius 3 is 1.43 bits per heavy atom. The van der Waals surface area contributed by atoms with Gasteiger partial charge in [-0.25, -0.2) is 4.79 Å². The van der Waals surface area contributed by atoms with Crippen molar-refractivity contribution < 1.29 is 28.7 Å². The molecule has 67 heavy (non-hydrogen) atoms. The fourth-order valence-corrected chi connectivity index (χ4v) is 7.95. The Kier molecular flexibility index (Phi) is 27.1. The highest BCUT2D eigenvalue weighted by molar-refractivity contribution is 6.02. The van der Waals surface area contributed by atoms with Gasteiger partial charge in [-0.1, -0.05) is 135 Å². The molecule has 2 atom stereocenters. The predicted molar refractivity (Wildman–Crippen MR) is 277 cm³/mol. The number of hydrogen-bond acceptors (Lipinski definition) is 10. The molecule has 0 aromatic rings. The van der Waals surface area contributed by atoms with E-state index in [1.165, 1.54) is 0 Å². The lowest BCUT2D eigenvalue weighted by Gasteiger charge is -2.36. The Morgan fingerprint density at radius 1 is 0.567 bits per heavy atom. The van der Waals surface area contributed by atoms with Crippen LogP contribution in [-0.4, -0.2) is 81.7 Å². The Hall–Kier alpha value is -4.94. The number of amides is 1. The molecule has 0 bridgehead atoms. The number of allylic oxidation sites excluding steroid dienone is 20. The van der Waals surface area contributed by atoms with Crippen molar-refractivity contribution in [3.63, 3.8) is 0 Å². The fraction of sp³-hybridized carbons (Fsp3) is 0.536. The van der Waals surface area contributed by atoms with E-state index in [0.717, 1.165) is 91.7 Å². The molecule has 2 unspecified atom stereocenters. The van der Waals surface area contributed by atoms with Crippen molar-refractivity contribution in [1.82, 2.24) is 16.0 Å². The van der Waals surface area contributed by atoms with Crippen LogP contribution in [0.1, 0.15) is 127 Å². The average Bonchev–Trinajstić information content (AvgIpc) is 3.26. The number of rotatable bonds is 28. The predicted octanol–water partition coefficient (Wildman–Crippen LogP) is 10.0. The zero-order valence-electron chi connectivity index (χ0n) is 42.7. The molecule has 11 nitrogen and oxygen atoms in total. The summed E-state index contributed by atoms with van der Waals surface area (Å²) in [5.74, 6) is -0.605. The number of carbonyl (C=O) groups excluding carboxylic acids is 4. The average molecular weight is 924 g/mol. The van der Waals surface area contributed by atoms with Crippen LogP contribution in [0, 0.1) is 10.8 Å². The van der Waals surface area contributed by atoms with E-state index in [0.29, 0.717) is 50.0 Å². The van der Waals surface area contributed by atoms with Crippen LogP contribution < -0.4 is 27.4 Å². The fourth-order valence-electron chi connectivity index (χ4n) is 7.95. The van der Waals surface area contributed by atoms with Gasteiger partial charge in [0.1, 0.15) is 0 Å². The van der Waals surface area contributed by atoms with Gasteiger partial charge >= 0.3 is 12.1 Å². The molecule has 0 fully saturated rings. The summed E-state index contributed by atoms with van der Waals surface area (Å²) in [5, 5.41) is 9.42. The first-order valence-electron chi connectivity index (χ1n) is 24.4. The second-order valence-electron chi connectivity index (χ2n) is 19.1. The van der Waals surface area contributed by atoms with Crippen LogP contribution >= 0.6 is 0 Å². The zero-order chi connectivity index (χ0) is 49.8. The summed E-state index contributed by atoms with van der Waals surface area (Å²) in [6, 6.07) is 0. The van der Waals surface area contributed by atoms with Crippen LogP contribution in [0.25, 0.3) is 0 Å². The van der Waals surface area contributed by atoms with Crippen molar-refractivity contribution in [2.24, 2.45) is 22.3 Å². The van der Waals surface area contributed by atoms with Crippen LogP contribution in [0.3, 0.4) is 0 Å². The number of ether oxygens (including phenoxy) is 2. The molecular formula is C56H85N5O6. The van der Waals surface area contributed by atoms with Crippen molar-refractivity contribution in [3.8, 4) is 0 Å². The van der Waals surface area contributed by atoms with Crippen LogP contribution in [-0.2, 0) is 23.9 Å². The number of nitrogens with two attached hydrogens (primary N) is 2. The third-order valence-electron chi connectivity index (χ3n) is 11.9. The number of alkyl carbamates (subject to hydrolysis) is 1. The Bertz CT molecular complexity index is 2000. The minimum absolute atomic E-state index is 0.122. The molecule has 7 N–H and O–H groups in total. The van der Waals surface area contributed by atoms with Crippen molar-refractivity contribution in [1.29, 1.82) is 0 Å². The van der Waals surface area contributed by atoms with Gasteiger partial charge in [0.15, 0.2) is 23.8 Å². The number of unbranched alkanes of at least 4 members (excludes halogenated alkanes) is 2. The lowest BCUT2D eigenvalue weighted by molar-refractivity contribution is -0.156. The lowest BCUT2D eigenvalue weighted by Crippen LogP contribution is -2.41. The largest absolute Gasteiger partial charge is 0.454 e. The zero-order valence-corrected chi connectivity index (χ0v) is 42.7. The monoisotopic (exact) mass is 924 g/mol. The van der Waals surface area contributed by atoms with Crippen LogP contribution in [0.5, 0.6) is 0 Å². The number of nitrogens with one attached hydrogen (secondary N) is 3. The lowest BCUT2D eigenvalue weighted by atomic mass is 9.71. The summed E-state index contributed by atoms with van der Waals surface area (Å²) in [4.78, 5) is 51.5. The normalized spacial score (nSPS) is 19.9. The Labute approximate surface area is 403 Å². The van der Waals surface area contributed by atoms with Crippen molar-refractivity contribution in [2.75, 3.05) is 45.8 Å². The van der Waals surface area contributed by atoms with Gasteiger partial charge in [-0.15, -0.1) is 0 Å². The highest BCUT2D eigenvalue weighted by atomic mass is 16.6. The molecule has 370 valence electrons. The van der Waals surface area contributed by atoms with Gasteiger partial charge in [-0.2, -0.15) is 0 Å². The van der Waals surface area contributed by atoms with Crippen molar-refractivity contribution >= 4 is 23.6 Å². The van der Waals surface area contributed by atoms with Gasteiger partial charge in [-0.05, 0) is 152 Å². The van der Waals surface area contributed by atoms with E-state index in [9.17, 15) is 19.2 Å². The van der Waals surface area contributed by atoms with Crippen molar-refractivity contribution in [2.45, 2.75) is 139 Å². The van der Waals surface area contributed by atoms with Crippen molar-refractivity contribution in [3.05, 3.63) is 130 Å². The molecule has 0 spiro atoms. The minimum atomic E-state index is -0.809. The van der Waals surface area contributed by atoms with E-state index in [2.05, 4.69) is 61.9 Å². The van der Waals surface area contributed by atoms with E-state index >= 15 is 0 Å². The molecule has 2 aliphatic rings. The van der Waals surface area contributed by atoms with Gasteiger partial charge in [0, 0.05) is 25.8 Å². The maximum atomic E-state index is 13.3. The number of hydrogen-bond donors (Lipinski definition) is 5. The molecule has 2 rings (SSSR count). The van der Waals surface area contributed by atoms with Gasteiger partial charge in [-0.3, -0.25) is 14.4 Å². The first-order valence-corrected chi connectivity index (χ1v) is 24.4. The standard InChI is InChI=1S/C56H85N5O6/c1-41(23-17-25-43(3)28-30-47-45(5)52(63)49(39-55(47,7)8)66-51(62)27-19-36-59-34-15-13-32-57)21-11-12-22-42(2)24-18-26-44(4)29-31-48-46(6)53(64)50(40-56(48,9)10)67-54(65)61-38-20-37-60-35-16-14-33-58/h11-12,17-18,21-26,28-31,49-50,59-60H,13-16,19-20,27,32-40,57-58H2,1-10H3,(H,61,65). The molecule has 0 heterocycles. The highest BCUT2D eigenvalue weighted by Gasteiger charge is 2.41. The number of carbonyl (C=O) groups is 4. The SMILES string of the molecule is CC(C=CC=C(C)C=CC1=C(C)C(=O)C(OC(=O)CCCNCCCCN)CC1(C)C)=CC=CC=C(C)C=CC=C(C)C=CC1=C(C)C(=O)C(OC(=O)NCCCNCCCCN)CC1(C)C. The van der Waals surface area contributed by atoms with Crippen LogP contribution in [0.4, 0.5) is 4.79 Å². The van der Waals surface area contributed by atoms with Gasteiger partial charge in [0.25, 0.3) is 0 Å². The van der Waals surface area contributed by atoms with E-state index < -0.39 is 18.3 Å². The van der Waals surface area contributed by atoms with Gasteiger partial charge < -0.3 is 36.9 Å². The van der Waals surface area contributed by atoms with Crippen LogP contribution in [0.2, 0.25) is 0 Å². The van der Waals surface area contributed by atoms with E-state index in [1.807, 2.05) is 108 Å². The summed E-state index contributed by atoms with van der Waals surface area (Å²) in [5.41, 5.74) is 17.8. The van der Waals surface area contributed by atoms with E-state index in [-0.39, 0.29) is 34.8 Å². The quantitative estimate of drug-likeness (QED) is 0.0289. The third-order valence-corrected chi connectivity index (χ3v) is 11.9. The molecule has 2 aliphatic carbocycles. The molecule has 0 radical (unpaired) electrons. The molecule has 0 saturated heterocycles. The first kappa shape index (κ1) is 58.2.